The van der Waals surface area contributed by atoms with Crippen molar-refractivity contribution in [2.24, 2.45) is 10.9 Å². The van der Waals surface area contributed by atoms with Crippen LogP contribution in [0.3, 0.4) is 0 Å². The highest BCUT2D eigenvalue weighted by Crippen LogP contribution is 2.31. The van der Waals surface area contributed by atoms with Gasteiger partial charge in [0.1, 0.15) is 11.9 Å². The summed E-state index contributed by atoms with van der Waals surface area (Å²) in [5.74, 6) is -0.346. The fourth-order valence-corrected chi connectivity index (χ4v) is 5.42. The lowest BCUT2D eigenvalue weighted by Crippen LogP contribution is -2.39. The summed E-state index contributed by atoms with van der Waals surface area (Å²) in [6.45, 7) is 3.98. The summed E-state index contributed by atoms with van der Waals surface area (Å²) in [4.78, 5) is 58.5. The van der Waals surface area contributed by atoms with E-state index >= 15 is 0 Å². The van der Waals surface area contributed by atoms with Crippen molar-refractivity contribution in [2.75, 3.05) is 20.9 Å². The molecule has 2 atom stereocenters. The lowest BCUT2D eigenvalue weighted by molar-refractivity contribution is -0.121. The average Bonchev–Trinajstić information content (AvgIpc) is 3.12. The van der Waals surface area contributed by atoms with E-state index in [0.29, 0.717) is 35.1 Å². The third-order valence-electron chi connectivity index (χ3n) is 8.05. The zero-order valence-electron chi connectivity index (χ0n) is 26.9. The Kier molecular flexibility index (Phi) is 9.70. The number of pyridine rings is 1. The molecule has 3 aliphatic rings. The first-order valence-electron chi connectivity index (χ1n) is 15.7. The quantitative estimate of drug-likeness (QED) is 0.215. The van der Waals surface area contributed by atoms with Crippen LogP contribution >= 0.6 is 0 Å². The highest BCUT2D eigenvalue weighted by molar-refractivity contribution is 6.08. The van der Waals surface area contributed by atoms with E-state index in [2.05, 4.69) is 41.2 Å². The molecule has 4 amide bonds. The van der Waals surface area contributed by atoms with Crippen molar-refractivity contribution in [3.05, 3.63) is 120 Å². The van der Waals surface area contributed by atoms with Crippen molar-refractivity contribution in [2.45, 2.75) is 39.3 Å². The number of aliphatic hydroxyl groups is 1. The minimum Gasteiger partial charge on any atom is -0.493 e. The predicted octanol–water partition coefficient (Wildman–Crippen LogP) is 5.70. The van der Waals surface area contributed by atoms with Crippen molar-refractivity contribution in [1.29, 1.82) is 0 Å². The van der Waals surface area contributed by atoms with Gasteiger partial charge in [0.05, 0.1) is 24.1 Å². The molecule has 1 aliphatic carbocycles. The average molecular weight is 658 g/mol. The summed E-state index contributed by atoms with van der Waals surface area (Å²) >= 11 is 0. The van der Waals surface area contributed by atoms with Gasteiger partial charge in [-0.2, -0.15) is 4.98 Å². The van der Waals surface area contributed by atoms with E-state index in [1.807, 2.05) is 50.3 Å². The summed E-state index contributed by atoms with van der Waals surface area (Å²) in [7, 11) is 0. The Labute approximate surface area is 283 Å². The maximum Gasteiger partial charge on any atom is 0.327 e. The van der Waals surface area contributed by atoms with Crippen molar-refractivity contribution in [3.63, 3.8) is 0 Å². The SMILES string of the molecule is Cc1ccc(Nc2ncc3c(n2)NC(=O)N(c2cc(NC(=O)C4=C/C=C/C(O)=N\[C@@H](CC5C=CC=CC5)C(=O)N\C=C\4)ccc2C)C3)cn1. The molecule has 0 fully saturated rings. The van der Waals surface area contributed by atoms with E-state index in [0.717, 1.165) is 23.4 Å². The van der Waals surface area contributed by atoms with Crippen molar-refractivity contribution >= 4 is 52.6 Å². The number of nitrogens with zero attached hydrogens (tertiary/aromatic N) is 5. The van der Waals surface area contributed by atoms with Crippen LogP contribution in [-0.4, -0.2) is 49.8 Å². The van der Waals surface area contributed by atoms with Gasteiger partial charge in [0.25, 0.3) is 5.91 Å². The predicted molar refractivity (Wildman–Crippen MR) is 189 cm³/mol. The molecule has 0 saturated heterocycles. The number of allylic oxidation sites excluding steroid dienone is 6. The Morgan fingerprint density at radius 1 is 1.04 bits per heavy atom. The van der Waals surface area contributed by atoms with Crippen LogP contribution in [0.5, 0.6) is 0 Å². The first kappa shape index (κ1) is 32.6. The molecule has 2 aliphatic heterocycles. The Bertz CT molecular complexity index is 1960. The molecule has 5 N–H and O–H groups in total. The number of amides is 4. The van der Waals surface area contributed by atoms with Crippen molar-refractivity contribution in [1.82, 2.24) is 20.3 Å². The number of aliphatic imine (C=N–C) groups is 1. The first-order valence-corrected chi connectivity index (χ1v) is 15.7. The number of carbonyl (C=O) groups excluding carboxylic acids is 3. The van der Waals surface area contributed by atoms with E-state index < -0.39 is 17.9 Å². The number of hydrogen-bond donors (Lipinski definition) is 5. The second-order valence-electron chi connectivity index (χ2n) is 11.7. The normalized spacial score (nSPS) is 22.2. The molecule has 0 saturated carbocycles. The van der Waals surface area contributed by atoms with Gasteiger partial charge in [-0.05, 0) is 80.7 Å². The zero-order valence-corrected chi connectivity index (χ0v) is 26.9. The van der Waals surface area contributed by atoms with Gasteiger partial charge < -0.3 is 21.1 Å². The standard InChI is InChI=1S/C36H35N9O4/c1-22-11-13-27(18-30(22)45-21-26-19-39-35(43-32(26)44-36(45)49)41-28-14-12-23(2)38-20-28)40-33(47)25-9-6-10-31(46)42-29(34(48)37-16-15-25)17-24-7-4-3-5-8-24/h3-7,9-16,18-20,24,29H,8,17,21H2,1-2H3,(H,37,48)(H,40,47)(H,42,46)(H2,39,41,43,44,49)/b10-6+,16-15+,25-9+/t24?,29-/m0/s1. The smallest absolute Gasteiger partial charge is 0.327 e. The molecule has 6 rings (SSSR count). The van der Waals surface area contributed by atoms with Crippen LogP contribution in [0.2, 0.25) is 0 Å². The van der Waals surface area contributed by atoms with Gasteiger partial charge >= 0.3 is 6.03 Å². The number of rotatable bonds is 7. The molecule has 49 heavy (non-hydrogen) atoms. The number of urea groups is 1. The molecule has 0 radical (unpaired) electrons. The third-order valence-corrected chi connectivity index (χ3v) is 8.05. The van der Waals surface area contributed by atoms with E-state index in [9.17, 15) is 19.5 Å². The lowest BCUT2D eigenvalue weighted by atomic mass is 9.93. The van der Waals surface area contributed by atoms with Crippen molar-refractivity contribution < 1.29 is 19.5 Å². The molecule has 1 unspecified atom stereocenters. The Balaban J connectivity index is 1.14. The molecule has 248 valence electrons. The summed E-state index contributed by atoms with van der Waals surface area (Å²) < 4.78 is 0. The number of aromatic nitrogens is 3. The summed E-state index contributed by atoms with van der Waals surface area (Å²) in [6.07, 6.45) is 19.7. The molecule has 4 heterocycles. The number of anilines is 5. The number of nitrogens with one attached hydrogen (secondary N) is 4. The molecule has 3 aromatic rings. The second-order valence-corrected chi connectivity index (χ2v) is 11.7. The van der Waals surface area contributed by atoms with E-state index in [1.165, 1.54) is 30.5 Å². The second kappa shape index (κ2) is 14.6. The fourth-order valence-electron chi connectivity index (χ4n) is 5.42. The minimum absolute atomic E-state index is 0.117. The molecule has 1 aromatic carbocycles. The Morgan fingerprint density at radius 2 is 1.90 bits per heavy atom. The highest BCUT2D eigenvalue weighted by Gasteiger charge is 2.27. The molecule has 13 heteroatoms. The van der Waals surface area contributed by atoms with E-state index in [-0.39, 0.29) is 30.0 Å². The van der Waals surface area contributed by atoms with Crippen LogP contribution in [0.4, 0.5) is 33.6 Å². The number of fused-ring (bicyclic) bond motifs is 1. The lowest BCUT2D eigenvalue weighted by Gasteiger charge is -2.30. The van der Waals surface area contributed by atoms with Crippen LogP contribution in [0.15, 0.2) is 108 Å². The topological polar surface area (TPSA) is 174 Å². The van der Waals surface area contributed by atoms with Crippen LogP contribution < -0.4 is 26.2 Å². The molecular formula is C36H35N9O4. The summed E-state index contributed by atoms with van der Waals surface area (Å²) in [5.41, 5.74) is 4.37. The number of hydrogen-bond acceptors (Lipinski definition) is 8. The number of benzene rings is 1. The van der Waals surface area contributed by atoms with Gasteiger partial charge in [0.2, 0.25) is 17.8 Å². The van der Waals surface area contributed by atoms with Crippen LogP contribution in [-0.2, 0) is 16.1 Å². The van der Waals surface area contributed by atoms with Crippen LogP contribution in [0.25, 0.3) is 0 Å². The minimum atomic E-state index is -0.808. The highest BCUT2D eigenvalue weighted by atomic mass is 16.3. The Morgan fingerprint density at radius 3 is 2.69 bits per heavy atom. The van der Waals surface area contributed by atoms with Crippen LogP contribution in [0, 0.1) is 19.8 Å². The van der Waals surface area contributed by atoms with E-state index in [4.69, 9.17) is 0 Å². The van der Waals surface area contributed by atoms with Gasteiger partial charge in [-0.25, -0.2) is 14.8 Å². The van der Waals surface area contributed by atoms with Crippen molar-refractivity contribution in [3.8, 4) is 0 Å². The Hall–Kier alpha value is -6.37. The van der Waals surface area contributed by atoms with Crippen LogP contribution in [0.1, 0.15) is 29.7 Å². The molecular weight excluding hydrogens is 622 g/mol. The van der Waals surface area contributed by atoms with Gasteiger partial charge in [-0.3, -0.25) is 24.8 Å². The molecule has 2 aromatic heterocycles. The monoisotopic (exact) mass is 657 g/mol. The zero-order chi connectivity index (χ0) is 34.3. The number of carbonyl (C=O) groups is 3. The fraction of sp³-hybridized carbons (Fsp3) is 0.194. The largest absolute Gasteiger partial charge is 0.493 e. The maximum atomic E-state index is 13.4. The molecule has 0 spiro atoms. The summed E-state index contributed by atoms with van der Waals surface area (Å²) in [5, 5.41) is 21.9. The van der Waals surface area contributed by atoms with Gasteiger partial charge in [0, 0.05) is 34.9 Å². The van der Waals surface area contributed by atoms with E-state index in [1.54, 1.807) is 35.5 Å². The summed E-state index contributed by atoms with van der Waals surface area (Å²) in [6, 6.07) is 7.80. The van der Waals surface area contributed by atoms with Gasteiger partial charge in [-0.15, -0.1) is 0 Å². The molecule has 13 nitrogen and oxygen atoms in total. The maximum absolute atomic E-state index is 13.4. The number of aliphatic hydroxyl groups excluding tert-OH is 1. The van der Waals surface area contributed by atoms with Gasteiger partial charge in [-0.1, -0.05) is 36.4 Å². The molecule has 0 bridgehead atoms. The van der Waals surface area contributed by atoms with Gasteiger partial charge in [0.15, 0.2) is 0 Å². The number of aryl methyl sites for hydroxylation is 2. The third kappa shape index (κ3) is 8.14. The first-order chi connectivity index (χ1) is 23.7.